The summed E-state index contributed by atoms with van der Waals surface area (Å²) < 4.78 is 15.8. The zero-order valence-electron chi connectivity index (χ0n) is 13.3. The lowest BCUT2D eigenvalue weighted by Crippen LogP contribution is -2.17. The second-order valence-electron chi connectivity index (χ2n) is 5.95. The zero-order chi connectivity index (χ0) is 17.4. The van der Waals surface area contributed by atoms with E-state index in [1.807, 2.05) is 30.3 Å². The lowest BCUT2D eigenvalue weighted by molar-refractivity contribution is 0.102. The number of para-hydroxylation sites is 1. The first-order chi connectivity index (χ1) is 12.1. The predicted octanol–water partition coefficient (Wildman–Crippen LogP) is 4.51. The zero-order valence-corrected chi connectivity index (χ0v) is 14.9. The number of nitrogens with zero attached hydrogens (tertiary/aromatic N) is 2. The molecule has 1 amide bonds. The standard InChI is InChI=1S/C19H15BrFN3O/c20-16-10-9-12(21)11-15(16)19(25)22-18-14-7-4-8-17(14)23-24(18)13-5-2-1-3-6-13/h1-3,5-6,9-11H,4,7-8H2,(H,22,25). The summed E-state index contributed by atoms with van der Waals surface area (Å²) in [5.74, 6) is -0.145. The molecule has 0 radical (unpaired) electrons. The minimum Gasteiger partial charge on any atom is -0.306 e. The summed E-state index contributed by atoms with van der Waals surface area (Å²) in [5.41, 5.74) is 3.21. The molecule has 126 valence electrons. The van der Waals surface area contributed by atoms with E-state index in [0.29, 0.717) is 10.3 Å². The second-order valence-corrected chi connectivity index (χ2v) is 6.81. The lowest BCUT2D eigenvalue weighted by atomic mass is 10.2. The maximum absolute atomic E-state index is 13.5. The number of benzene rings is 2. The molecule has 4 nitrogen and oxygen atoms in total. The molecule has 0 atom stereocenters. The molecule has 0 unspecified atom stereocenters. The van der Waals surface area contributed by atoms with Crippen LogP contribution < -0.4 is 5.32 Å². The van der Waals surface area contributed by atoms with Crippen LogP contribution in [0.25, 0.3) is 5.69 Å². The number of carbonyl (C=O) groups excluding carboxylic acids is 1. The highest BCUT2D eigenvalue weighted by molar-refractivity contribution is 9.10. The van der Waals surface area contributed by atoms with E-state index < -0.39 is 5.82 Å². The molecule has 0 spiro atoms. The monoisotopic (exact) mass is 399 g/mol. The summed E-state index contributed by atoms with van der Waals surface area (Å²) in [7, 11) is 0. The van der Waals surface area contributed by atoms with E-state index in [4.69, 9.17) is 0 Å². The number of halogens is 2. The third kappa shape index (κ3) is 2.98. The normalized spacial score (nSPS) is 12.9. The molecular formula is C19H15BrFN3O. The Morgan fingerprint density at radius 2 is 1.96 bits per heavy atom. The van der Waals surface area contributed by atoms with Crippen molar-refractivity contribution in [2.45, 2.75) is 19.3 Å². The first-order valence-corrected chi connectivity index (χ1v) is 8.85. The Morgan fingerprint density at radius 3 is 2.76 bits per heavy atom. The van der Waals surface area contributed by atoms with Gasteiger partial charge in [0.1, 0.15) is 11.6 Å². The summed E-state index contributed by atoms with van der Waals surface area (Å²) in [5, 5.41) is 7.60. The molecule has 25 heavy (non-hydrogen) atoms. The van der Waals surface area contributed by atoms with Crippen LogP contribution in [0, 0.1) is 5.82 Å². The van der Waals surface area contributed by atoms with Crippen LogP contribution in [-0.2, 0) is 12.8 Å². The van der Waals surface area contributed by atoms with Crippen molar-refractivity contribution in [2.75, 3.05) is 5.32 Å². The number of aryl methyl sites for hydroxylation is 1. The van der Waals surface area contributed by atoms with E-state index >= 15 is 0 Å². The Labute approximate surface area is 152 Å². The first kappa shape index (κ1) is 16.0. The maximum atomic E-state index is 13.5. The maximum Gasteiger partial charge on any atom is 0.258 e. The highest BCUT2D eigenvalue weighted by atomic mass is 79.9. The van der Waals surface area contributed by atoms with Gasteiger partial charge in [0.25, 0.3) is 5.91 Å². The van der Waals surface area contributed by atoms with Gasteiger partial charge in [-0.2, -0.15) is 5.10 Å². The Kier molecular flexibility index (Phi) is 4.13. The average Bonchev–Trinajstić information content (AvgIpc) is 3.20. The number of carbonyl (C=O) groups is 1. The number of rotatable bonds is 3. The van der Waals surface area contributed by atoms with E-state index in [1.54, 1.807) is 4.68 Å². The number of amides is 1. The minimum absolute atomic E-state index is 0.257. The fraction of sp³-hybridized carbons (Fsp3) is 0.158. The van der Waals surface area contributed by atoms with Crippen molar-refractivity contribution >= 4 is 27.7 Å². The van der Waals surface area contributed by atoms with Crippen molar-refractivity contribution in [3.05, 3.63) is 75.6 Å². The third-order valence-corrected chi connectivity index (χ3v) is 5.00. The van der Waals surface area contributed by atoms with E-state index in [-0.39, 0.29) is 11.5 Å². The van der Waals surface area contributed by atoms with Gasteiger partial charge >= 0.3 is 0 Å². The smallest absolute Gasteiger partial charge is 0.258 e. The highest BCUT2D eigenvalue weighted by Crippen LogP contribution is 2.31. The predicted molar refractivity (Wildman–Crippen MR) is 97.6 cm³/mol. The van der Waals surface area contributed by atoms with Gasteiger partial charge in [-0.15, -0.1) is 0 Å². The van der Waals surface area contributed by atoms with Crippen LogP contribution in [-0.4, -0.2) is 15.7 Å². The molecule has 0 fully saturated rings. The van der Waals surface area contributed by atoms with Gasteiger partial charge in [0.05, 0.1) is 16.9 Å². The summed E-state index contributed by atoms with van der Waals surface area (Å²) in [6.45, 7) is 0. The van der Waals surface area contributed by atoms with Crippen LogP contribution in [0.5, 0.6) is 0 Å². The second kappa shape index (κ2) is 6.44. The molecular weight excluding hydrogens is 385 g/mol. The average molecular weight is 400 g/mol. The van der Waals surface area contributed by atoms with Gasteiger partial charge in [-0.05, 0) is 65.5 Å². The third-order valence-electron chi connectivity index (χ3n) is 4.31. The van der Waals surface area contributed by atoms with Crippen LogP contribution in [0.3, 0.4) is 0 Å². The van der Waals surface area contributed by atoms with E-state index in [9.17, 15) is 9.18 Å². The fourth-order valence-electron chi connectivity index (χ4n) is 3.12. The van der Waals surface area contributed by atoms with E-state index in [0.717, 1.165) is 36.2 Å². The Morgan fingerprint density at radius 1 is 1.16 bits per heavy atom. The quantitative estimate of drug-likeness (QED) is 0.703. The molecule has 1 heterocycles. The van der Waals surface area contributed by atoms with Crippen LogP contribution in [0.2, 0.25) is 0 Å². The molecule has 1 N–H and O–H groups in total. The number of hydrogen-bond acceptors (Lipinski definition) is 2. The van der Waals surface area contributed by atoms with Crippen LogP contribution in [0.15, 0.2) is 53.0 Å². The van der Waals surface area contributed by atoms with Crippen LogP contribution >= 0.6 is 15.9 Å². The van der Waals surface area contributed by atoms with Gasteiger partial charge in [-0.25, -0.2) is 9.07 Å². The fourth-order valence-corrected chi connectivity index (χ4v) is 3.55. The SMILES string of the molecule is O=C(Nc1c2c(nn1-c1ccccc1)CCC2)c1cc(F)ccc1Br. The number of hydrogen-bond donors (Lipinski definition) is 1. The molecule has 4 rings (SSSR count). The molecule has 1 aromatic heterocycles. The summed E-state index contributed by atoms with van der Waals surface area (Å²) >= 11 is 3.31. The van der Waals surface area contributed by atoms with Gasteiger partial charge in [0, 0.05) is 10.0 Å². The number of fused-ring (bicyclic) bond motifs is 1. The van der Waals surface area contributed by atoms with Crippen molar-refractivity contribution in [1.29, 1.82) is 0 Å². The molecule has 0 saturated heterocycles. The molecule has 1 aliphatic carbocycles. The molecule has 0 saturated carbocycles. The van der Waals surface area contributed by atoms with E-state index in [2.05, 4.69) is 26.3 Å². The van der Waals surface area contributed by atoms with Gasteiger partial charge in [0.15, 0.2) is 0 Å². The number of anilines is 1. The van der Waals surface area contributed by atoms with Crippen LogP contribution in [0.1, 0.15) is 28.0 Å². The summed E-state index contributed by atoms with van der Waals surface area (Å²) in [6.07, 6.45) is 2.81. The molecule has 3 aromatic rings. The largest absolute Gasteiger partial charge is 0.306 e. The molecule has 0 aliphatic heterocycles. The van der Waals surface area contributed by atoms with Crippen molar-refractivity contribution < 1.29 is 9.18 Å². The Hall–Kier alpha value is -2.47. The van der Waals surface area contributed by atoms with Gasteiger partial charge in [-0.1, -0.05) is 18.2 Å². The topological polar surface area (TPSA) is 46.9 Å². The Bertz CT molecular complexity index is 953. The van der Waals surface area contributed by atoms with Crippen molar-refractivity contribution in [3.8, 4) is 5.69 Å². The molecule has 1 aliphatic rings. The van der Waals surface area contributed by atoms with E-state index in [1.165, 1.54) is 18.2 Å². The molecule has 6 heteroatoms. The molecule has 0 bridgehead atoms. The van der Waals surface area contributed by atoms with Crippen LogP contribution in [0.4, 0.5) is 10.2 Å². The Balaban J connectivity index is 1.75. The van der Waals surface area contributed by atoms with Gasteiger partial charge in [-0.3, -0.25) is 4.79 Å². The summed E-state index contributed by atoms with van der Waals surface area (Å²) in [4.78, 5) is 12.7. The lowest BCUT2D eigenvalue weighted by Gasteiger charge is -2.12. The van der Waals surface area contributed by atoms with Crippen molar-refractivity contribution in [2.24, 2.45) is 0 Å². The minimum atomic E-state index is -0.449. The molecule has 2 aromatic carbocycles. The van der Waals surface area contributed by atoms with Crippen molar-refractivity contribution in [1.82, 2.24) is 9.78 Å². The number of aromatic nitrogens is 2. The number of nitrogens with one attached hydrogen (secondary N) is 1. The summed E-state index contributed by atoms with van der Waals surface area (Å²) in [6, 6.07) is 13.7. The van der Waals surface area contributed by atoms with Crippen molar-refractivity contribution in [3.63, 3.8) is 0 Å². The first-order valence-electron chi connectivity index (χ1n) is 8.06. The highest BCUT2D eigenvalue weighted by Gasteiger charge is 2.25. The van der Waals surface area contributed by atoms with Gasteiger partial charge < -0.3 is 5.32 Å². The van der Waals surface area contributed by atoms with Gasteiger partial charge in [0.2, 0.25) is 0 Å².